The van der Waals surface area contributed by atoms with Crippen molar-refractivity contribution in [2.24, 2.45) is 0 Å². The second-order valence-corrected chi connectivity index (χ2v) is 4.90. The average Bonchev–Trinajstić information content (AvgIpc) is 2.47. The van der Waals surface area contributed by atoms with Gasteiger partial charge in [-0.1, -0.05) is 42.5 Å². The van der Waals surface area contributed by atoms with E-state index in [9.17, 15) is 20.2 Å². The van der Waals surface area contributed by atoms with Crippen molar-refractivity contribution in [3.63, 3.8) is 0 Å². The van der Waals surface area contributed by atoms with Crippen LogP contribution in [0.15, 0.2) is 54.6 Å². The van der Waals surface area contributed by atoms with E-state index in [2.05, 4.69) is 0 Å². The van der Waals surface area contributed by atoms with Crippen molar-refractivity contribution in [2.75, 3.05) is 0 Å². The van der Waals surface area contributed by atoms with E-state index in [0.29, 0.717) is 6.42 Å². The molecule has 0 N–H and O–H groups in total. The van der Waals surface area contributed by atoms with Crippen molar-refractivity contribution < 1.29 is 9.85 Å². The van der Waals surface area contributed by atoms with E-state index in [1.54, 1.807) is 12.1 Å². The Hall–Kier alpha value is -2.76. The molecule has 2 aromatic rings. The van der Waals surface area contributed by atoms with E-state index in [-0.39, 0.29) is 5.56 Å². The van der Waals surface area contributed by atoms with Crippen LogP contribution in [-0.2, 0) is 12.1 Å². The summed E-state index contributed by atoms with van der Waals surface area (Å²) in [5, 5.41) is 22.2. The van der Waals surface area contributed by atoms with Gasteiger partial charge >= 0.3 is 5.66 Å². The molecule has 0 saturated carbocycles. The second-order valence-electron chi connectivity index (χ2n) is 4.90. The Labute approximate surface area is 121 Å². The highest BCUT2D eigenvalue weighted by molar-refractivity contribution is 5.31. The number of nitro groups is 2. The van der Waals surface area contributed by atoms with Crippen molar-refractivity contribution in [1.82, 2.24) is 0 Å². The molecule has 0 amide bonds. The number of rotatable bonds is 5. The fraction of sp³-hybridized carbons (Fsp3) is 0.200. The van der Waals surface area contributed by atoms with Crippen molar-refractivity contribution in [3.05, 3.63) is 91.5 Å². The second kappa shape index (κ2) is 5.70. The van der Waals surface area contributed by atoms with E-state index in [1.165, 1.54) is 12.1 Å². The molecule has 2 aromatic carbocycles. The number of benzene rings is 2. The maximum Gasteiger partial charge on any atom is 0.481 e. The van der Waals surface area contributed by atoms with Gasteiger partial charge in [-0.05, 0) is 29.7 Å². The molecule has 0 aliphatic rings. The highest BCUT2D eigenvalue weighted by Gasteiger charge is 2.52. The van der Waals surface area contributed by atoms with Crippen molar-refractivity contribution >= 4 is 0 Å². The van der Waals surface area contributed by atoms with Crippen LogP contribution < -0.4 is 0 Å². The summed E-state index contributed by atoms with van der Waals surface area (Å²) in [5.74, 6) is 0. The highest BCUT2D eigenvalue weighted by Crippen LogP contribution is 2.26. The monoisotopic (exact) mass is 286 g/mol. The molecule has 2 rings (SSSR count). The van der Waals surface area contributed by atoms with Crippen LogP contribution in [0.5, 0.6) is 0 Å². The van der Waals surface area contributed by atoms with Gasteiger partial charge in [0.1, 0.15) is 15.4 Å². The van der Waals surface area contributed by atoms with Gasteiger partial charge in [-0.3, -0.25) is 20.2 Å². The Morgan fingerprint density at radius 1 is 0.905 bits per heavy atom. The molecule has 21 heavy (non-hydrogen) atoms. The first kappa shape index (κ1) is 14.6. The fourth-order valence-corrected chi connectivity index (χ4v) is 2.08. The first-order chi connectivity index (χ1) is 9.94. The van der Waals surface area contributed by atoms with Gasteiger partial charge in [0, 0.05) is 0 Å². The molecule has 0 aromatic heterocycles. The van der Waals surface area contributed by atoms with Gasteiger partial charge in [0.05, 0.1) is 6.92 Å². The number of hydrogen-bond acceptors (Lipinski definition) is 4. The van der Waals surface area contributed by atoms with E-state index >= 15 is 0 Å². The van der Waals surface area contributed by atoms with Crippen LogP contribution >= 0.6 is 0 Å². The molecule has 108 valence electrons. The highest BCUT2D eigenvalue weighted by atomic mass is 16.7. The zero-order valence-electron chi connectivity index (χ0n) is 11.4. The summed E-state index contributed by atoms with van der Waals surface area (Å²) in [4.78, 5) is 20.5. The smallest absolute Gasteiger partial charge is 0.258 e. The molecule has 0 aliphatic carbocycles. The third kappa shape index (κ3) is 2.89. The summed E-state index contributed by atoms with van der Waals surface area (Å²) in [6, 6.07) is 15.9. The Morgan fingerprint density at radius 2 is 1.48 bits per heavy atom. The predicted octanol–water partition coefficient (Wildman–Crippen LogP) is 3.00. The quantitative estimate of drug-likeness (QED) is 0.480. The van der Waals surface area contributed by atoms with Gasteiger partial charge in [0.25, 0.3) is 0 Å². The maximum absolute atomic E-state index is 11.1. The van der Waals surface area contributed by atoms with Crippen LogP contribution in [0.25, 0.3) is 0 Å². The van der Waals surface area contributed by atoms with Crippen molar-refractivity contribution in [3.8, 4) is 0 Å². The van der Waals surface area contributed by atoms with Crippen LogP contribution in [0, 0.1) is 20.2 Å². The molecule has 0 unspecified atom stereocenters. The standard InChI is InChI=1S/C15H14N2O4/c1-15(16(18)19,17(20)21)14-9-5-8-13(11-14)10-12-6-3-2-4-7-12/h2-9,11H,10H2,1H3. The minimum atomic E-state index is -2.33. The predicted molar refractivity (Wildman–Crippen MR) is 77.0 cm³/mol. The third-order valence-electron chi connectivity index (χ3n) is 3.44. The van der Waals surface area contributed by atoms with Crippen LogP contribution in [-0.4, -0.2) is 9.85 Å². The molecular weight excluding hydrogens is 272 g/mol. The van der Waals surface area contributed by atoms with E-state index in [0.717, 1.165) is 18.1 Å². The molecule has 0 saturated heterocycles. The first-order valence-electron chi connectivity index (χ1n) is 6.37. The minimum absolute atomic E-state index is 0.0749. The van der Waals surface area contributed by atoms with Gasteiger partial charge < -0.3 is 0 Å². The Bertz CT molecular complexity index is 656. The zero-order chi connectivity index (χ0) is 15.5. The first-order valence-corrected chi connectivity index (χ1v) is 6.37. The Balaban J connectivity index is 2.37. The minimum Gasteiger partial charge on any atom is -0.258 e. The summed E-state index contributed by atoms with van der Waals surface area (Å²) >= 11 is 0. The van der Waals surface area contributed by atoms with Crippen molar-refractivity contribution in [1.29, 1.82) is 0 Å². The lowest BCUT2D eigenvalue weighted by molar-refractivity contribution is -0.805. The normalized spacial score (nSPS) is 11.1. The van der Waals surface area contributed by atoms with Gasteiger partial charge in [0.2, 0.25) is 0 Å². The lowest BCUT2D eigenvalue weighted by atomic mass is 9.97. The zero-order valence-corrected chi connectivity index (χ0v) is 11.4. The lowest BCUT2D eigenvalue weighted by Crippen LogP contribution is -2.40. The Kier molecular flexibility index (Phi) is 3.98. The SMILES string of the molecule is CC(c1cccc(Cc2ccccc2)c1)([N+](=O)[O-])[N+](=O)[O-]. The molecule has 0 heterocycles. The van der Waals surface area contributed by atoms with Crippen LogP contribution in [0.2, 0.25) is 0 Å². The van der Waals surface area contributed by atoms with Gasteiger partial charge in [-0.2, -0.15) is 0 Å². The number of nitrogens with zero attached hydrogens (tertiary/aromatic N) is 2. The molecule has 0 radical (unpaired) electrons. The summed E-state index contributed by atoms with van der Waals surface area (Å²) < 4.78 is 0. The topological polar surface area (TPSA) is 86.3 Å². The summed E-state index contributed by atoms with van der Waals surface area (Å²) in [6.07, 6.45) is 0.570. The van der Waals surface area contributed by atoms with Crippen LogP contribution in [0.1, 0.15) is 23.6 Å². The lowest BCUT2D eigenvalue weighted by Gasteiger charge is -2.13. The number of hydrogen-bond donors (Lipinski definition) is 0. The van der Waals surface area contributed by atoms with Gasteiger partial charge in [-0.25, -0.2) is 0 Å². The molecule has 0 fully saturated rings. The van der Waals surface area contributed by atoms with Gasteiger partial charge in [-0.15, -0.1) is 0 Å². The van der Waals surface area contributed by atoms with Crippen LogP contribution in [0.3, 0.4) is 0 Å². The summed E-state index contributed by atoms with van der Waals surface area (Å²) in [7, 11) is 0. The summed E-state index contributed by atoms with van der Waals surface area (Å²) in [5.41, 5.74) is -0.412. The van der Waals surface area contributed by atoms with E-state index < -0.39 is 15.5 Å². The summed E-state index contributed by atoms with van der Waals surface area (Å²) in [6.45, 7) is 1.01. The van der Waals surface area contributed by atoms with Crippen LogP contribution in [0.4, 0.5) is 0 Å². The molecule has 6 heteroatoms. The Morgan fingerprint density at radius 3 is 2.05 bits per heavy atom. The molecule has 0 spiro atoms. The van der Waals surface area contributed by atoms with Crippen molar-refractivity contribution in [2.45, 2.75) is 19.0 Å². The van der Waals surface area contributed by atoms with Gasteiger partial charge in [0.15, 0.2) is 0 Å². The molecule has 0 bridgehead atoms. The largest absolute Gasteiger partial charge is 0.481 e. The third-order valence-corrected chi connectivity index (χ3v) is 3.44. The van der Waals surface area contributed by atoms with E-state index in [1.807, 2.05) is 30.3 Å². The fourth-order valence-electron chi connectivity index (χ4n) is 2.08. The average molecular weight is 286 g/mol. The molecule has 0 atom stereocenters. The molecular formula is C15H14N2O4. The van der Waals surface area contributed by atoms with E-state index in [4.69, 9.17) is 0 Å². The molecule has 6 nitrogen and oxygen atoms in total. The molecule has 0 aliphatic heterocycles. The maximum atomic E-state index is 11.1.